The summed E-state index contributed by atoms with van der Waals surface area (Å²) in [6, 6.07) is 14.2. The van der Waals surface area contributed by atoms with Gasteiger partial charge in [0, 0.05) is 12.7 Å². The van der Waals surface area contributed by atoms with Crippen LogP contribution in [0.1, 0.15) is 43.0 Å². The topological polar surface area (TPSA) is 54.5 Å². The zero-order valence-corrected chi connectivity index (χ0v) is 17.8. The molecule has 0 saturated heterocycles. The van der Waals surface area contributed by atoms with E-state index in [4.69, 9.17) is 4.74 Å². The van der Waals surface area contributed by atoms with E-state index in [-0.39, 0.29) is 5.91 Å². The van der Waals surface area contributed by atoms with Gasteiger partial charge in [-0.25, -0.2) is 0 Å². The predicted octanol–water partition coefficient (Wildman–Crippen LogP) is 3.86. The van der Waals surface area contributed by atoms with E-state index in [2.05, 4.69) is 41.4 Å². The molecule has 1 atom stereocenters. The van der Waals surface area contributed by atoms with Crippen LogP contribution in [-0.2, 0) is 11.2 Å². The summed E-state index contributed by atoms with van der Waals surface area (Å²) in [6.07, 6.45) is 6.98. The number of pyridine rings is 1. The standard InChI is InChI=1S/C24H33N3O2/c1-27(2)24(22-6-4-5-15-25-22)20-11-7-19(8-12-20)17-26-23(28)16-18-9-13-21(29-3)14-10-18/h4-6,9-10,13-15,19-20,24H,7-8,11-12,16-17H2,1-3H3,(H,26,28). The van der Waals surface area contributed by atoms with Crippen molar-refractivity contribution in [1.82, 2.24) is 15.2 Å². The van der Waals surface area contributed by atoms with Gasteiger partial charge in [0.2, 0.25) is 5.91 Å². The van der Waals surface area contributed by atoms with Gasteiger partial charge in [0.15, 0.2) is 0 Å². The van der Waals surface area contributed by atoms with E-state index >= 15 is 0 Å². The Balaban J connectivity index is 1.44. The molecule has 0 aliphatic heterocycles. The number of aromatic nitrogens is 1. The van der Waals surface area contributed by atoms with Crippen LogP contribution in [0.15, 0.2) is 48.7 Å². The second-order valence-corrected chi connectivity index (χ2v) is 8.27. The number of amides is 1. The fourth-order valence-electron chi connectivity index (χ4n) is 4.44. The van der Waals surface area contributed by atoms with Gasteiger partial charge in [-0.2, -0.15) is 0 Å². The summed E-state index contributed by atoms with van der Waals surface area (Å²) in [5.74, 6) is 2.09. The van der Waals surface area contributed by atoms with Gasteiger partial charge in [0.1, 0.15) is 5.75 Å². The molecule has 1 aromatic heterocycles. The Morgan fingerprint density at radius 3 is 2.45 bits per heavy atom. The Kier molecular flexibility index (Phi) is 7.64. The summed E-state index contributed by atoms with van der Waals surface area (Å²) in [5, 5.41) is 3.14. The number of carbonyl (C=O) groups is 1. The lowest BCUT2D eigenvalue weighted by molar-refractivity contribution is -0.120. The number of hydrogen-bond donors (Lipinski definition) is 1. The van der Waals surface area contributed by atoms with Crippen LogP contribution in [0.3, 0.4) is 0 Å². The van der Waals surface area contributed by atoms with Gasteiger partial charge in [-0.15, -0.1) is 0 Å². The Morgan fingerprint density at radius 1 is 1.14 bits per heavy atom. The molecule has 5 heteroatoms. The van der Waals surface area contributed by atoms with Crippen molar-refractivity contribution in [3.05, 3.63) is 59.9 Å². The number of benzene rings is 1. The van der Waals surface area contributed by atoms with Crippen LogP contribution in [0.25, 0.3) is 0 Å². The molecule has 1 saturated carbocycles. The third-order valence-corrected chi connectivity index (χ3v) is 6.00. The second kappa shape index (κ2) is 10.4. The summed E-state index contributed by atoms with van der Waals surface area (Å²) >= 11 is 0. The lowest BCUT2D eigenvalue weighted by Crippen LogP contribution is -2.35. The molecule has 3 rings (SSSR count). The predicted molar refractivity (Wildman–Crippen MR) is 116 cm³/mol. The first-order valence-electron chi connectivity index (χ1n) is 10.5. The van der Waals surface area contributed by atoms with Gasteiger partial charge in [-0.3, -0.25) is 9.78 Å². The third-order valence-electron chi connectivity index (χ3n) is 6.00. The molecular weight excluding hydrogens is 362 g/mol. The van der Waals surface area contributed by atoms with Gasteiger partial charge < -0.3 is 15.0 Å². The van der Waals surface area contributed by atoms with Crippen molar-refractivity contribution in [2.45, 2.75) is 38.1 Å². The molecule has 29 heavy (non-hydrogen) atoms. The first-order valence-corrected chi connectivity index (χ1v) is 10.5. The van der Waals surface area contributed by atoms with Gasteiger partial charge in [-0.05, 0) is 81.4 Å². The zero-order chi connectivity index (χ0) is 20.6. The maximum Gasteiger partial charge on any atom is 0.224 e. The summed E-state index contributed by atoms with van der Waals surface area (Å²) in [6.45, 7) is 0.776. The monoisotopic (exact) mass is 395 g/mol. The molecule has 1 fully saturated rings. The minimum absolute atomic E-state index is 0.0944. The highest BCUT2D eigenvalue weighted by Gasteiger charge is 2.30. The van der Waals surface area contributed by atoms with E-state index in [0.29, 0.717) is 24.3 Å². The van der Waals surface area contributed by atoms with Crippen molar-refractivity contribution in [2.24, 2.45) is 11.8 Å². The fourth-order valence-corrected chi connectivity index (χ4v) is 4.44. The number of rotatable bonds is 8. The molecule has 1 aromatic carbocycles. The SMILES string of the molecule is COc1ccc(CC(=O)NCC2CCC(C(c3ccccn3)N(C)C)CC2)cc1. The maximum absolute atomic E-state index is 12.3. The number of nitrogens with one attached hydrogen (secondary N) is 1. The molecule has 1 N–H and O–H groups in total. The van der Waals surface area contributed by atoms with Crippen molar-refractivity contribution in [1.29, 1.82) is 0 Å². The Morgan fingerprint density at radius 2 is 1.86 bits per heavy atom. The van der Waals surface area contributed by atoms with Crippen LogP contribution in [0, 0.1) is 11.8 Å². The normalized spacial score (nSPS) is 20.3. The molecule has 0 bridgehead atoms. The molecule has 1 aliphatic rings. The first-order chi connectivity index (χ1) is 14.1. The van der Waals surface area contributed by atoms with Crippen LogP contribution in [0.4, 0.5) is 0 Å². The van der Waals surface area contributed by atoms with E-state index < -0.39 is 0 Å². The smallest absolute Gasteiger partial charge is 0.224 e. The average molecular weight is 396 g/mol. The van der Waals surface area contributed by atoms with Crippen LogP contribution in [0.5, 0.6) is 5.75 Å². The minimum atomic E-state index is 0.0944. The van der Waals surface area contributed by atoms with E-state index in [9.17, 15) is 4.79 Å². The summed E-state index contributed by atoms with van der Waals surface area (Å²) < 4.78 is 5.16. The number of nitrogens with zero attached hydrogens (tertiary/aromatic N) is 2. The van der Waals surface area contributed by atoms with Gasteiger partial charge in [0.25, 0.3) is 0 Å². The lowest BCUT2D eigenvalue weighted by atomic mass is 9.77. The molecule has 2 aromatic rings. The van der Waals surface area contributed by atoms with Crippen molar-refractivity contribution >= 4 is 5.91 Å². The highest BCUT2D eigenvalue weighted by atomic mass is 16.5. The van der Waals surface area contributed by atoms with E-state index in [1.54, 1.807) is 7.11 Å². The van der Waals surface area contributed by atoms with Gasteiger partial charge >= 0.3 is 0 Å². The van der Waals surface area contributed by atoms with Crippen LogP contribution >= 0.6 is 0 Å². The number of ether oxygens (including phenoxy) is 1. The molecular formula is C24H33N3O2. The third kappa shape index (κ3) is 6.04. The molecule has 0 spiro atoms. The number of hydrogen-bond acceptors (Lipinski definition) is 4. The molecule has 1 unspecified atom stereocenters. The number of carbonyl (C=O) groups excluding carboxylic acids is 1. The van der Waals surface area contributed by atoms with Crippen molar-refractivity contribution in [3.8, 4) is 5.75 Å². The highest BCUT2D eigenvalue weighted by molar-refractivity contribution is 5.78. The summed E-state index contributed by atoms with van der Waals surface area (Å²) in [5.41, 5.74) is 2.17. The Hall–Kier alpha value is -2.40. The summed E-state index contributed by atoms with van der Waals surface area (Å²) in [4.78, 5) is 19.2. The largest absolute Gasteiger partial charge is 0.497 e. The van der Waals surface area contributed by atoms with E-state index in [1.165, 1.54) is 12.8 Å². The average Bonchev–Trinajstić information content (AvgIpc) is 2.74. The Labute approximate surface area is 174 Å². The quantitative estimate of drug-likeness (QED) is 0.737. The minimum Gasteiger partial charge on any atom is -0.497 e. The second-order valence-electron chi connectivity index (χ2n) is 8.27. The van der Waals surface area contributed by atoms with Crippen molar-refractivity contribution < 1.29 is 9.53 Å². The molecule has 1 amide bonds. The van der Waals surface area contributed by atoms with Crippen LogP contribution in [-0.4, -0.2) is 43.5 Å². The first kappa shape index (κ1) is 21.3. The molecule has 1 heterocycles. The Bertz CT molecular complexity index is 753. The maximum atomic E-state index is 12.3. The molecule has 5 nitrogen and oxygen atoms in total. The fraction of sp³-hybridized carbons (Fsp3) is 0.500. The van der Waals surface area contributed by atoms with E-state index in [0.717, 1.165) is 36.4 Å². The van der Waals surface area contributed by atoms with Crippen LogP contribution < -0.4 is 10.1 Å². The number of methoxy groups -OCH3 is 1. The summed E-state index contributed by atoms with van der Waals surface area (Å²) in [7, 11) is 5.93. The van der Waals surface area contributed by atoms with E-state index in [1.807, 2.05) is 36.5 Å². The zero-order valence-electron chi connectivity index (χ0n) is 17.8. The molecule has 1 aliphatic carbocycles. The molecule has 0 radical (unpaired) electrons. The lowest BCUT2D eigenvalue weighted by Gasteiger charge is -2.37. The van der Waals surface area contributed by atoms with Crippen molar-refractivity contribution in [2.75, 3.05) is 27.7 Å². The molecule has 156 valence electrons. The highest BCUT2D eigenvalue weighted by Crippen LogP contribution is 2.38. The van der Waals surface area contributed by atoms with Gasteiger partial charge in [-0.1, -0.05) is 18.2 Å². The van der Waals surface area contributed by atoms with Gasteiger partial charge in [0.05, 0.1) is 25.3 Å². The van der Waals surface area contributed by atoms with Crippen molar-refractivity contribution in [3.63, 3.8) is 0 Å². The van der Waals surface area contributed by atoms with Crippen LogP contribution in [0.2, 0.25) is 0 Å².